The van der Waals surface area contributed by atoms with Crippen molar-refractivity contribution in [3.63, 3.8) is 0 Å². The van der Waals surface area contributed by atoms with E-state index in [0.29, 0.717) is 11.6 Å². The summed E-state index contributed by atoms with van der Waals surface area (Å²) in [7, 11) is 0. The lowest BCUT2D eigenvalue weighted by atomic mass is 10.2. The van der Waals surface area contributed by atoms with Gasteiger partial charge in [-0.05, 0) is 64.3 Å². The first-order chi connectivity index (χ1) is 8.60. The lowest BCUT2D eigenvalue weighted by Crippen LogP contribution is -1.96. The first-order valence-corrected chi connectivity index (χ1v) is 6.70. The number of nitrogens with two attached hydrogens (primary N) is 1. The van der Waals surface area contributed by atoms with Crippen molar-refractivity contribution in [2.45, 2.75) is 13.5 Å². The van der Waals surface area contributed by atoms with Crippen LogP contribution in [-0.4, -0.2) is 0 Å². The Balaban J connectivity index is 2.28. The van der Waals surface area contributed by atoms with E-state index in [2.05, 4.69) is 15.9 Å². The normalized spacial score (nSPS) is 10.4. The predicted octanol–water partition coefficient (Wildman–Crippen LogP) is 4.66. The van der Waals surface area contributed by atoms with Gasteiger partial charge in [0.15, 0.2) is 0 Å². The SMILES string of the molecule is Cc1cc(Cl)ccc1Oc1ccc(CN)cc1Br. The number of hydrogen-bond donors (Lipinski definition) is 1. The molecule has 2 aromatic rings. The number of halogens is 2. The molecule has 2 nitrogen and oxygen atoms in total. The average Bonchev–Trinajstić information content (AvgIpc) is 2.34. The molecule has 0 heterocycles. The van der Waals surface area contributed by atoms with Crippen LogP contribution in [0.3, 0.4) is 0 Å². The monoisotopic (exact) mass is 325 g/mol. The lowest BCUT2D eigenvalue weighted by molar-refractivity contribution is 0.475. The van der Waals surface area contributed by atoms with Gasteiger partial charge in [0.25, 0.3) is 0 Å². The molecule has 2 N–H and O–H groups in total. The number of benzene rings is 2. The Morgan fingerprint density at radius 3 is 2.50 bits per heavy atom. The number of hydrogen-bond acceptors (Lipinski definition) is 2. The van der Waals surface area contributed by atoms with Crippen LogP contribution >= 0.6 is 27.5 Å². The molecule has 0 atom stereocenters. The summed E-state index contributed by atoms with van der Waals surface area (Å²) in [5.41, 5.74) is 7.64. The molecule has 0 aromatic heterocycles. The minimum atomic E-state index is 0.513. The summed E-state index contributed by atoms with van der Waals surface area (Å²) < 4.78 is 6.74. The van der Waals surface area contributed by atoms with Crippen LogP contribution in [0.1, 0.15) is 11.1 Å². The highest BCUT2D eigenvalue weighted by molar-refractivity contribution is 9.10. The van der Waals surface area contributed by atoms with E-state index in [1.54, 1.807) is 0 Å². The summed E-state index contributed by atoms with van der Waals surface area (Å²) in [6.45, 7) is 2.47. The molecule has 0 amide bonds. The summed E-state index contributed by atoms with van der Waals surface area (Å²) in [6.07, 6.45) is 0. The fraction of sp³-hybridized carbons (Fsp3) is 0.143. The molecule has 0 fully saturated rings. The fourth-order valence-electron chi connectivity index (χ4n) is 1.60. The van der Waals surface area contributed by atoms with E-state index in [1.807, 2.05) is 43.3 Å². The zero-order chi connectivity index (χ0) is 13.1. The first kappa shape index (κ1) is 13.4. The Morgan fingerprint density at radius 1 is 1.17 bits per heavy atom. The standard InChI is InChI=1S/C14H13BrClNO/c1-9-6-11(16)3-5-13(9)18-14-4-2-10(8-17)7-12(14)15/h2-7H,8,17H2,1H3. The second-order valence-corrected chi connectivity index (χ2v) is 5.27. The number of aryl methyl sites for hydroxylation is 1. The zero-order valence-corrected chi connectivity index (χ0v) is 12.3. The molecular weight excluding hydrogens is 314 g/mol. The Bertz CT molecular complexity index is 572. The average molecular weight is 327 g/mol. The van der Waals surface area contributed by atoms with Crippen molar-refractivity contribution in [1.29, 1.82) is 0 Å². The van der Waals surface area contributed by atoms with E-state index >= 15 is 0 Å². The molecule has 4 heteroatoms. The Kier molecular flexibility index (Phi) is 4.27. The summed E-state index contributed by atoms with van der Waals surface area (Å²) in [6, 6.07) is 11.4. The van der Waals surface area contributed by atoms with E-state index in [-0.39, 0.29) is 0 Å². The Labute approximate surface area is 120 Å². The molecule has 0 radical (unpaired) electrons. The van der Waals surface area contributed by atoms with Crippen molar-refractivity contribution in [3.8, 4) is 11.5 Å². The van der Waals surface area contributed by atoms with Crippen molar-refractivity contribution in [1.82, 2.24) is 0 Å². The van der Waals surface area contributed by atoms with Crippen molar-refractivity contribution in [3.05, 3.63) is 57.0 Å². The Hall–Kier alpha value is -1.03. The van der Waals surface area contributed by atoms with E-state index in [9.17, 15) is 0 Å². The third kappa shape index (κ3) is 3.05. The third-order valence-corrected chi connectivity index (χ3v) is 3.44. The van der Waals surface area contributed by atoms with Crippen LogP contribution in [0.5, 0.6) is 11.5 Å². The van der Waals surface area contributed by atoms with Crippen LogP contribution in [0.4, 0.5) is 0 Å². The highest BCUT2D eigenvalue weighted by atomic mass is 79.9. The van der Waals surface area contributed by atoms with E-state index in [4.69, 9.17) is 22.1 Å². The minimum absolute atomic E-state index is 0.513. The molecule has 2 aromatic carbocycles. The Morgan fingerprint density at radius 2 is 1.89 bits per heavy atom. The van der Waals surface area contributed by atoms with Gasteiger partial charge in [0.1, 0.15) is 11.5 Å². The molecule has 0 saturated carbocycles. The topological polar surface area (TPSA) is 35.2 Å². The third-order valence-electron chi connectivity index (χ3n) is 2.59. The molecule has 0 unspecified atom stereocenters. The molecule has 18 heavy (non-hydrogen) atoms. The molecule has 2 rings (SSSR count). The maximum atomic E-state index is 5.91. The fourth-order valence-corrected chi connectivity index (χ4v) is 2.33. The predicted molar refractivity (Wildman–Crippen MR) is 78.3 cm³/mol. The molecule has 94 valence electrons. The molecule has 0 saturated heterocycles. The van der Waals surface area contributed by atoms with Gasteiger partial charge in [-0.25, -0.2) is 0 Å². The largest absolute Gasteiger partial charge is 0.456 e. The van der Waals surface area contributed by atoms with Crippen molar-refractivity contribution in [2.24, 2.45) is 5.73 Å². The second-order valence-electron chi connectivity index (χ2n) is 3.98. The van der Waals surface area contributed by atoms with Gasteiger partial charge in [0.2, 0.25) is 0 Å². The molecule has 0 aliphatic heterocycles. The van der Waals surface area contributed by atoms with Crippen LogP contribution in [-0.2, 0) is 6.54 Å². The summed E-state index contributed by atoms with van der Waals surface area (Å²) >= 11 is 9.39. The van der Waals surface area contributed by atoms with Gasteiger partial charge in [-0.15, -0.1) is 0 Å². The smallest absolute Gasteiger partial charge is 0.141 e. The van der Waals surface area contributed by atoms with Crippen molar-refractivity contribution in [2.75, 3.05) is 0 Å². The van der Waals surface area contributed by atoms with Gasteiger partial charge in [0, 0.05) is 11.6 Å². The molecule has 0 aliphatic rings. The van der Waals surface area contributed by atoms with Crippen molar-refractivity contribution < 1.29 is 4.74 Å². The zero-order valence-electron chi connectivity index (χ0n) is 9.91. The minimum Gasteiger partial charge on any atom is -0.456 e. The highest BCUT2D eigenvalue weighted by Crippen LogP contribution is 2.32. The lowest BCUT2D eigenvalue weighted by Gasteiger charge is -2.11. The van der Waals surface area contributed by atoms with Crippen LogP contribution < -0.4 is 10.5 Å². The van der Waals surface area contributed by atoms with Gasteiger partial charge in [-0.2, -0.15) is 0 Å². The van der Waals surface area contributed by atoms with Crippen molar-refractivity contribution >= 4 is 27.5 Å². The summed E-state index contributed by atoms with van der Waals surface area (Å²) in [5.74, 6) is 1.55. The molecule has 0 bridgehead atoms. The van der Waals surface area contributed by atoms with Gasteiger partial charge in [-0.1, -0.05) is 17.7 Å². The van der Waals surface area contributed by atoms with Gasteiger partial charge >= 0.3 is 0 Å². The van der Waals surface area contributed by atoms with Crippen LogP contribution in [0.15, 0.2) is 40.9 Å². The quantitative estimate of drug-likeness (QED) is 0.890. The summed E-state index contributed by atoms with van der Waals surface area (Å²) in [5, 5.41) is 0.706. The molecule has 0 spiro atoms. The van der Waals surface area contributed by atoms with Gasteiger partial charge in [-0.3, -0.25) is 0 Å². The van der Waals surface area contributed by atoms with Gasteiger partial charge < -0.3 is 10.5 Å². The van der Waals surface area contributed by atoms with Crippen LogP contribution in [0, 0.1) is 6.92 Å². The van der Waals surface area contributed by atoms with E-state index < -0.39 is 0 Å². The second kappa shape index (κ2) is 5.74. The number of ether oxygens (including phenoxy) is 1. The van der Waals surface area contributed by atoms with Gasteiger partial charge in [0.05, 0.1) is 4.47 Å². The van der Waals surface area contributed by atoms with Crippen LogP contribution in [0.2, 0.25) is 5.02 Å². The van der Waals surface area contributed by atoms with E-state index in [0.717, 1.165) is 27.1 Å². The first-order valence-electron chi connectivity index (χ1n) is 5.52. The molecule has 0 aliphatic carbocycles. The maximum absolute atomic E-state index is 5.91. The van der Waals surface area contributed by atoms with Crippen LogP contribution in [0.25, 0.3) is 0 Å². The maximum Gasteiger partial charge on any atom is 0.141 e. The number of rotatable bonds is 3. The molecular formula is C14H13BrClNO. The van der Waals surface area contributed by atoms with E-state index in [1.165, 1.54) is 0 Å². The summed E-state index contributed by atoms with van der Waals surface area (Å²) in [4.78, 5) is 0. The highest BCUT2D eigenvalue weighted by Gasteiger charge is 2.06.